The lowest BCUT2D eigenvalue weighted by atomic mass is 9.80. The number of alkyl halides is 3. The van der Waals surface area contributed by atoms with Gasteiger partial charge in [-0.05, 0) is 48.6 Å². The zero-order valence-corrected chi connectivity index (χ0v) is 11.5. The van der Waals surface area contributed by atoms with Crippen LogP contribution in [0.4, 0.5) is 24.5 Å². The Hall–Kier alpha value is -1.97. The van der Waals surface area contributed by atoms with E-state index in [9.17, 15) is 13.2 Å². The summed E-state index contributed by atoms with van der Waals surface area (Å²) in [5.74, 6) is 0.560. The molecule has 0 bridgehead atoms. The number of hydrogen-bond donors (Lipinski definition) is 1. The highest BCUT2D eigenvalue weighted by atomic mass is 19.4. The highest BCUT2D eigenvalue weighted by Crippen LogP contribution is 2.39. The summed E-state index contributed by atoms with van der Waals surface area (Å²) >= 11 is 0. The van der Waals surface area contributed by atoms with E-state index in [-0.39, 0.29) is 5.69 Å². The highest BCUT2D eigenvalue weighted by molar-refractivity contribution is 5.64. The molecule has 0 radical (unpaired) electrons. The van der Waals surface area contributed by atoms with Gasteiger partial charge in [0.2, 0.25) is 0 Å². The van der Waals surface area contributed by atoms with Crippen molar-refractivity contribution in [3.05, 3.63) is 59.7 Å². The van der Waals surface area contributed by atoms with Crippen molar-refractivity contribution in [2.24, 2.45) is 0 Å². The molecule has 1 N–H and O–H groups in total. The second kappa shape index (κ2) is 5.43. The van der Waals surface area contributed by atoms with Crippen LogP contribution in [0.25, 0.3) is 0 Å². The summed E-state index contributed by atoms with van der Waals surface area (Å²) in [6.07, 6.45) is -0.778. The number of nitrogens with one attached hydrogen (secondary N) is 1. The SMILES string of the molecule is FC(F)(F)c1ccccc1Nc1cccc(C2CCC2)c1. The Labute approximate surface area is 121 Å². The molecule has 0 aliphatic heterocycles. The van der Waals surface area contributed by atoms with Crippen LogP contribution in [0, 0.1) is 0 Å². The summed E-state index contributed by atoms with van der Waals surface area (Å²) in [6, 6.07) is 13.3. The minimum atomic E-state index is -4.35. The molecule has 0 heterocycles. The Bertz CT molecular complexity index is 630. The van der Waals surface area contributed by atoms with Gasteiger partial charge >= 0.3 is 6.18 Å². The maximum atomic E-state index is 13.0. The Kier molecular flexibility index (Phi) is 3.62. The van der Waals surface area contributed by atoms with Crippen LogP contribution in [0.1, 0.15) is 36.3 Å². The third-order valence-corrected chi connectivity index (χ3v) is 3.97. The molecule has 110 valence electrons. The molecule has 1 aliphatic carbocycles. The number of hydrogen-bond acceptors (Lipinski definition) is 1. The van der Waals surface area contributed by atoms with Crippen LogP contribution < -0.4 is 5.32 Å². The van der Waals surface area contributed by atoms with Gasteiger partial charge in [-0.1, -0.05) is 30.7 Å². The second-order valence-electron chi connectivity index (χ2n) is 5.42. The fourth-order valence-corrected chi connectivity index (χ4v) is 2.61. The smallest absolute Gasteiger partial charge is 0.355 e. The Balaban J connectivity index is 1.87. The lowest BCUT2D eigenvalue weighted by Crippen LogP contribution is -2.10. The minimum absolute atomic E-state index is 0.0933. The molecule has 0 saturated heterocycles. The van der Waals surface area contributed by atoms with Gasteiger partial charge in [0.1, 0.15) is 0 Å². The van der Waals surface area contributed by atoms with E-state index in [0.717, 1.165) is 6.07 Å². The van der Waals surface area contributed by atoms with Gasteiger partial charge in [-0.25, -0.2) is 0 Å². The van der Waals surface area contributed by atoms with Crippen molar-refractivity contribution in [1.82, 2.24) is 0 Å². The van der Waals surface area contributed by atoms with E-state index in [2.05, 4.69) is 5.32 Å². The molecule has 21 heavy (non-hydrogen) atoms. The molecule has 0 aromatic heterocycles. The lowest BCUT2D eigenvalue weighted by Gasteiger charge is -2.26. The monoisotopic (exact) mass is 291 g/mol. The first-order valence-electron chi connectivity index (χ1n) is 7.07. The van der Waals surface area contributed by atoms with Gasteiger partial charge in [0.05, 0.1) is 11.3 Å². The lowest BCUT2D eigenvalue weighted by molar-refractivity contribution is -0.136. The second-order valence-corrected chi connectivity index (χ2v) is 5.42. The van der Waals surface area contributed by atoms with E-state index in [1.54, 1.807) is 12.1 Å². The Morgan fingerprint density at radius 2 is 1.71 bits per heavy atom. The van der Waals surface area contributed by atoms with Crippen LogP contribution in [0.3, 0.4) is 0 Å². The number of halogens is 3. The number of rotatable bonds is 3. The van der Waals surface area contributed by atoms with Gasteiger partial charge in [-0.15, -0.1) is 0 Å². The average Bonchev–Trinajstić information content (AvgIpc) is 2.36. The van der Waals surface area contributed by atoms with Gasteiger partial charge in [0, 0.05) is 5.69 Å². The predicted molar refractivity (Wildman–Crippen MR) is 77.8 cm³/mol. The van der Waals surface area contributed by atoms with Crippen molar-refractivity contribution in [2.75, 3.05) is 5.32 Å². The Morgan fingerprint density at radius 1 is 0.952 bits per heavy atom. The number of anilines is 2. The summed E-state index contributed by atoms with van der Waals surface area (Å²) in [5.41, 5.74) is 1.36. The molecular formula is C17H16F3N. The van der Waals surface area contributed by atoms with Crippen molar-refractivity contribution >= 4 is 11.4 Å². The maximum Gasteiger partial charge on any atom is 0.418 e. The van der Waals surface area contributed by atoms with Crippen LogP contribution in [-0.4, -0.2) is 0 Å². The van der Waals surface area contributed by atoms with Gasteiger partial charge in [0.25, 0.3) is 0 Å². The summed E-state index contributed by atoms with van der Waals surface area (Å²) in [4.78, 5) is 0. The average molecular weight is 291 g/mol. The van der Waals surface area contributed by atoms with Gasteiger partial charge in [-0.2, -0.15) is 13.2 Å². The topological polar surface area (TPSA) is 12.0 Å². The summed E-state index contributed by atoms with van der Waals surface area (Å²) < 4.78 is 38.9. The van der Waals surface area contributed by atoms with Gasteiger partial charge < -0.3 is 5.32 Å². The molecule has 0 atom stereocenters. The fraction of sp³-hybridized carbons (Fsp3) is 0.294. The molecule has 0 amide bonds. The van der Waals surface area contributed by atoms with E-state index in [1.807, 2.05) is 18.2 Å². The first kappa shape index (κ1) is 14.0. The van der Waals surface area contributed by atoms with Crippen molar-refractivity contribution in [3.63, 3.8) is 0 Å². The largest absolute Gasteiger partial charge is 0.418 e. The van der Waals surface area contributed by atoms with Crippen LogP contribution in [0.15, 0.2) is 48.5 Å². The van der Waals surface area contributed by atoms with Gasteiger partial charge in [-0.3, -0.25) is 0 Å². The van der Waals surface area contributed by atoms with Gasteiger partial charge in [0.15, 0.2) is 0 Å². The van der Waals surface area contributed by atoms with E-state index < -0.39 is 11.7 Å². The van der Waals surface area contributed by atoms with Crippen LogP contribution in [-0.2, 0) is 6.18 Å². The molecule has 0 unspecified atom stereocenters. The van der Waals surface area contributed by atoms with Crippen LogP contribution in [0.5, 0.6) is 0 Å². The number of para-hydroxylation sites is 1. The van der Waals surface area contributed by atoms with Crippen molar-refractivity contribution in [3.8, 4) is 0 Å². The molecule has 3 rings (SSSR count). The first-order valence-corrected chi connectivity index (χ1v) is 7.07. The zero-order chi connectivity index (χ0) is 14.9. The zero-order valence-electron chi connectivity index (χ0n) is 11.5. The molecule has 1 nitrogen and oxygen atoms in total. The molecule has 1 aliphatic rings. The van der Waals surface area contributed by atoms with Crippen LogP contribution >= 0.6 is 0 Å². The van der Waals surface area contributed by atoms with E-state index in [1.165, 1.54) is 37.0 Å². The van der Waals surface area contributed by atoms with Crippen molar-refractivity contribution < 1.29 is 13.2 Å². The normalized spacial score (nSPS) is 15.6. The first-order chi connectivity index (χ1) is 10.0. The third-order valence-electron chi connectivity index (χ3n) is 3.97. The molecule has 1 saturated carbocycles. The van der Waals surface area contributed by atoms with Crippen LogP contribution in [0.2, 0.25) is 0 Å². The standard InChI is InChI=1S/C17H16F3N/c18-17(19,20)15-9-1-2-10-16(15)21-14-8-4-7-13(11-14)12-5-3-6-12/h1-2,4,7-12,21H,3,5-6H2. The molecule has 1 fully saturated rings. The minimum Gasteiger partial charge on any atom is -0.355 e. The molecule has 4 heteroatoms. The quantitative estimate of drug-likeness (QED) is 0.763. The van der Waals surface area contributed by atoms with Crippen molar-refractivity contribution in [1.29, 1.82) is 0 Å². The fourth-order valence-electron chi connectivity index (χ4n) is 2.61. The molecule has 0 spiro atoms. The van der Waals surface area contributed by atoms with Crippen molar-refractivity contribution in [2.45, 2.75) is 31.4 Å². The number of benzene rings is 2. The highest BCUT2D eigenvalue weighted by Gasteiger charge is 2.33. The predicted octanol–water partition coefficient (Wildman–Crippen LogP) is 5.72. The maximum absolute atomic E-state index is 13.0. The van der Waals surface area contributed by atoms with E-state index in [0.29, 0.717) is 11.6 Å². The molecular weight excluding hydrogens is 275 g/mol. The molecule has 2 aromatic carbocycles. The van der Waals surface area contributed by atoms with E-state index in [4.69, 9.17) is 0 Å². The summed E-state index contributed by atoms with van der Waals surface area (Å²) in [6.45, 7) is 0. The molecule has 2 aromatic rings. The Morgan fingerprint density at radius 3 is 2.38 bits per heavy atom. The summed E-state index contributed by atoms with van der Waals surface area (Å²) in [7, 11) is 0. The van der Waals surface area contributed by atoms with E-state index >= 15 is 0 Å². The summed E-state index contributed by atoms with van der Waals surface area (Å²) in [5, 5.41) is 2.90. The third kappa shape index (κ3) is 3.04.